The summed E-state index contributed by atoms with van der Waals surface area (Å²) >= 11 is 1.53. The maximum Gasteiger partial charge on any atom is 0.384 e. The highest BCUT2D eigenvalue weighted by atomic mass is 32.1. The molecule has 0 saturated carbocycles. The zero-order chi connectivity index (χ0) is 9.68. The molecule has 0 unspecified atom stereocenters. The van der Waals surface area contributed by atoms with Crippen molar-refractivity contribution in [2.75, 3.05) is 6.61 Å². The van der Waals surface area contributed by atoms with Crippen LogP contribution in [0.25, 0.3) is 0 Å². The number of thiophene rings is 1. The number of carbonyl (C=O) groups excluding carboxylic acids is 1. The van der Waals surface area contributed by atoms with Gasteiger partial charge in [-0.1, -0.05) is 0 Å². The van der Waals surface area contributed by atoms with E-state index in [0.29, 0.717) is 6.61 Å². The highest BCUT2D eigenvalue weighted by Crippen LogP contribution is 2.13. The third-order valence-corrected chi connectivity index (χ3v) is 2.35. The molecule has 2 nitrogen and oxygen atoms in total. The van der Waals surface area contributed by atoms with Gasteiger partial charge in [-0.05, 0) is 36.8 Å². The van der Waals surface area contributed by atoms with Gasteiger partial charge in [-0.25, -0.2) is 4.79 Å². The second-order valence-electron chi connectivity index (χ2n) is 2.40. The molecule has 68 valence electrons. The minimum Gasteiger partial charge on any atom is -0.456 e. The molecule has 0 radical (unpaired) electrons. The summed E-state index contributed by atoms with van der Waals surface area (Å²) < 4.78 is 4.67. The van der Waals surface area contributed by atoms with Crippen LogP contribution < -0.4 is 0 Å². The van der Waals surface area contributed by atoms with Gasteiger partial charge >= 0.3 is 5.97 Å². The van der Waals surface area contributed by atoms with Crippen LogP contribution in [0.15, 0.2) is 11.4 Å². The average molecular weight is 194 g/mol. The first kappa shape index (κ1) is 9.82. The van der Waals surface area contributed by atoms with Crippen LogP contribution in [-0.2, 0) is 9.53 Å². The van der Waals surface area contributed by atoms with E-state index in [4.69, 9.17) is 0 Å². The average Bonchev–Trinajstić information content (AvgIpc) is 2.48. The molecule has 1 aromatic heterocycles. The fourth-order valence-electron chi connectivity index (χ4n) is 0.776. The van der Waals surface area contributed by atoms with Crippen LogP contribution in [0, 0.1) is 18.8 Å². The van der Waals surface area contributed by atoms with Gasteiger partial charge in [-0.15, -0.1) is 11.3 Å². The van der Waals surface area contributed by atoms with Gasteiger partial charge in [-0.2, -0.15) is 0 Å². The van der Waals surface area contributed by atoms with Crippen LogP contribution >= 0.6 is 11.3 Å². The molecule has 0 atom stereocenters. The molecular formula is C10H10O2S. The summed E-state index contributed by atoms with van der Waals surface area (Å²) in [5.41, 5.74) is 1.10. The lowest BCUT2D eigenvalue weighted by atomic mass is 10.3. The molecule has 0 amide bonds. The molecule has 0 aliphatic rings. The Balaban J connectivity index is 2.67. The van der Waals surface area contributed by atoms with Crippen LogP contribution in [0.2, 0.25) is 0 Å². The molecule has 1 heterocycles. The smallest absolute Gasteiger partial charge is 0.384 e. The first-order chi connectivity index (χ1) is 6.24. The topological polar surface area (TPSA) is 26.3 Å². The summed E-state index contributed by atoms with van der Waals surface area (Å²) in [6.45, 7) is 4.10. The molecule has 0 spiro atoms. The van der Waals surface area contributed by atoms with E-state index in [2.05, 4.69) is 16.6 Å². The van der Waals surface area contributed by atoms with E-state index in [1.807, 2.05) is 18.4 Å². The van der Waals surface area contributed by atoms with Gasteiger partial charge < -0.3 is 4.74 Å². The third kappa shape index (κ3) is 2.92. The van der Waals surface area contributed by atoms with E-state index in [1.54, 1.807) is 6.92 Å². The van der Waals surface area contributed by atoms with Crippen molar-refractivity contribution in [1.82, 2.24) is 0 Å². The number of esters is 1. The Hall–Kier alpha value is -1.27. The first-order valence-corrected chi connectivity index (χ1v) is 4.85. The predicted molar refractivity (Wildman–Crippen MR) is 52.6 cm³/mol. The Kier molecular flexibility index (Phi) is 3.53. The molecule has 0 saturated heterocycles. The quantitative estimate of drug-likeness (QED) is 0.504. The van der Waals surface area contributed by atoms with E-state index < -0.39 is 5.97 Å². The number of carbonyl (C=O) groups is 1. The second kappa shape index (κ2) is 4.68. The van der Waals surface area contributed by atoms with Crippen LogP contribution in [0.3, 0.4) is 0 Å². The molecule has 0 bridgehead atoms. The second-order valence-corrected chi connectivity index (χ2v) is 3.32. The van der Waals surface area contributed by atoms with Crippen molar-refractivity contribution in [3.8, 4) is 11.8 Å². The number of ether oxygens (including phenoxy) is 1. The van der Waals surface area contributed by atoms with Crippen molar-refractivity contribution < 1.29 is 9.53 Å². The predicted octanol–water partition coefficient (Wildman–Crippen LogP) is 1.97. The zero-order valence-electron chi connectivity index (χ0n) is 7.59. The van der Waals surface area contributed by atoms with Gasteiger partial charge in [0.05, 0.1) is 11.5 Å². The Morgan fingerprint density at radius 3 is 3.00 bits per heavy atom. The first-order valence-electron chi connectivity index (χ1n) is 3.97. The van der Waals surface area contributed by atoms with Gasteiger partial charge in [0, 0.05) is 5.92 Å². The monoisotopic (exact) mass is 194 g/mol. The summed E-state index contributed by atoms with van der Waals surface area (Å²) in [5, 5.41) is 1.95. The third-order valence-electron chi connectivity index (χ3n) is 1.42. The highest BCUT2D eigenvalue weighted by Gasteiger charge is 1.96. The standard InChI is InChI=1S/C10H10O2S/c1-3-12-10(11)5-4-9-8(2)6-7-13-9/h6-7H,3H2,1-2H3. The van der Waals surface area contributed by atoms with Gasteiger partial charge in [0.25, 0.3) is 0 Å². The van der Waals surface area contributed by atoms with E-state index in [0.717, 1.165) is 10.4 Å². The summed E-state index contributed by atoms with van der Waals surface area (Å²) in [7, 11) is 0. The van der Waals surface area contributed by atoms with Gasteiger partial charge in [-0.3, -0.25) is 0 Å². The molecule has 0 aromatic carbocycles. The van der Waals surface area contributed by atoms with Crippen molar-refractivity contribution >= 4 is 17.3 Å². The molecule has 13 heavy (non-hydrogen) atoms. The number of hydrogen-bond donors (Lipinski definition) is 0. The lowest BCUT2D eigenvalue weighted by molar-refractivity contribution is -0.136. The van der Waals surface area contributed by atoms with Gasteiger partial charge in [0.2, 0.25) is 0 Å². The normalized spacial score (nSPS) is 8.77. The Morgan fingerprint density at radius 1 is 1.69 bits per heavy atom. The van der Waals surface area contributed by atoms with Crippen LogP contribution in [0.1, 0.15) is 17.4 Å². The van der Waals surface area contributed by atoms with Crippen molar-refractivity contribution in [2.24, 2.45) is 0 Å². The molecule has 0 aliphatic heterocycles. The maximum atomic E-state index is 10.9. The minimum atomic E-state index is -0.463. The fourth-order valence-corrected chi connectivity index (χ4v) is 1.55. The zero-order valence-corrected chi connectivity index (χ0v) is 8.40. The summed E-state index contributed by atoms with van der Waals surface area (Å²) in [4.78, 5) is 11.8. The van der Waals surface area contributed by atoms with E-state index in [-0.39, 0.29) is 0 Å². The van der Waals surface area contributed by atoms with E-state index in [9.17, 15) is 4.79 Å². The highest BCUT2D eigenvalue weighted by molar-refractivity contribution is 7.10. The van der Waals surface area contributed by atoms with Crippen LogP contribution in [0.5, 0.6) is 0 Å². The summed E-state index contributed by atoms with van der Waals surface area (Å²) in [6.07, 6.45) is 0. The van der Waals surface area contributed by atoms with Crippen molar-refractivity contribution in [3.05, 3.63) is 21.9 Å². The van der Waals surface area contributed by atoms with Gasteiger partial charge in [0.1, 0.15) is 0 Å². The molecule has 3 heteroatoms. The summed E-state index contributed by atoms with van der Waals surface area (Å²) in [6, 6.07) is 1.97. The van der Waals surface area contributed by atoms with Gasteiger partial charge in [0.15, 0.2) is 0 Å². The molecule has 0 fully saturated rings. The number of rotatable bonds is 1. The lowest BCUT2D eigenvalue weighted by Crippen LogP contribution is -1.99. The Morgan fingerprint density at radius 2 is 2.46 bits per heavy atom. The lowest BCUT2D eigenvalue weighted by Gasteiger charge is -1.90. The van der Waals surface area contributed by atoms with E-state index in [1.165, 1.54) is 11.3 Å². The minimum absolute atomic E-state index is 0.372. The van der Waals surface area contributed by atoms with Crippen LogP contribution in [-0.4, -0.2) is 12.6 Å². The van der Waals surface area contributed by atoms with E-state index >= 15 is 0 Å². The Labute approximate surface area is 81.5 Å². The number of aryl methyl sites for hydroxylation is 1. The molecule has 0 aliphatic carbocycles. The SMILES string of the molecule is CCOC(=O)C#Cc1sccc1C. The Bertz CT molecular complexity index is 354. The maximum absolute atomic E-state index is 10.9. The molecule has 1 aromatic rings. The van der Waals surface area contributed by atoms with Crippen LogP contribution in [0.4, 0.5) is 0 Å². The molecule has 1 rings (SSSR count). The van der Waals surface area contributed by atoms with Crippen molar-refractivity contribution in [3.63, 3.8) is 0 Å². The number of hydrogen-bond acceptors (Lipinski definition) is 3. The van der Waals surface area contributed by atoms with Crippen molar-refractivity contribution in [1.29, 1.82) is 0 Å². The molecular weight excluding hydrogens is 184 g/mol. The largest absolute Gasteiger partial charge is 0.456 e. The summed E-state index contributed by atoms with van der Waals surface area (Å²) in [5.74, 6) is 4.73. The van der Waals surface area contributed by atoms with Crippen molar-refractivity contribution in [2.45, 2.75) is 13.8 Å². The fraction of sp³-hybridized carbons (Fsp3) is 0.300. The molecule has 0 N–H and O–H groups in total.